The Morgan fingerprint density at radius 1 is 0.900 bits per heavy atom. The second kappa shape index (κ2) is 9.97. The zero-order valence-electron chi connectivity index (χ0n) is 16.2. The van der Waals surface area contributed by atoms with Crippen LogP contribution in [0.5, 0.6) is 0 Å². The summed E-state index contributed by atoms with van der Waals surface area (Å²) in [6, 6.07) is 7.69. The molecule has 0 bridgehead atoms. The number of benzene rings is 1. The van der Waals surface area contributed by atoms with Crippen LogP contribution < -0.4 is 0 Å². The van der Waals surface area contributed by atoms with Crippen LogP contribution in [0.3, 0.4) is 0 Å². The van der Waals surface area contributed by atoms with Crippen LogP contribution in [0, 0.1) is 0 Å². The van der Waals surface area contributed by atoms with Gasteiger partial charge in [-0.25, -0.2) is 14.6 Å². The molecule has 0 fully saturated rings. The monoisotopic (exact) mass is 413 g/mol. The summed E-state index contributed by atoms with van der Waals surface area (Å²) in [5.41, 5.74) is 0.235. The van der Waals surface area contributed by atoms with Crippen LogP contribution >= 0.6 is 0 Å². The molecule has 0 saturated carbocycles. The number of ketones is 2. The Morgan fingerprint density at radius 2 is 1.43 bits per heavy atom. The lowest BCUT2D eigenvalue weighted by molar-refractivity contribution is -0.151. The van der Waals surface area contributed by atoms with Crippen molar-refractivity contribution in [2.45, 2.75) is 13.8 Å². The first-order valence-corrected chi connectivity index (χ1v) is 8.92. The molecule has 0 atom stereocenters. The first-order valence-electron chi connectivity index (χ1n) is 8.92. The average Bonchev–Trinajstić information content (AvgIpc) is 2.72. The fourth-order valence-electron chi connectivity index (χ4n) is 2.44. The number of carbonyl (C=O) groups is 4. The molecule has 0 radical (unpaired) electrons. The van der Waals surface area contributed by atoms with E-state index in [0.717, 1.165) is 0 Å². The van der Waals surface area contributed by atoms with Crippen molar-refractivity contribution in [2.75, 3.05) is 13.2 Å². The number of ether oxygens (including phenoxy) is 2. The third-order valence-electron chi connectivity index (χ3n) is 3.74. The van der Waals surface area contributed by atoms with Gasteiger partial charge < -0.3 is 19.7 Å². The number of esters is 2. The number of hydrogen-bond donors (Lipinski definition) is 2. The van der Waals surface area contributed by atoms with Crippen molar-refractivity contribution < 1.29 is 38.9 Å². The minimum Gasteiger partial charge on any atom is -0.507 e. The Labute approximate surface area is 171 Å². The molecule has 1 aromatic carbocycles. The lowest BCUT2D eigenvalue weighted by Crippen LogP contribution is -2.15. The summed E-state index contributed by atoms with van der Waals surface area (Å²) < 4.78 is 9.15. The zero-order valence-corrected chi connectivity index (χ0v) is 16.2. The van der Waals surface area contributed by atoms with Crippen molar-refractivity contribution in [1.29, 1.82) is 0 Å². The molecule has 2 rings (SSSR count). The summed E-state index contributed by atoms with van der Waals surface area (Å²) in [6.45, 7) is 3.04. The molecule has 0 aliphatic rings. The number of aliphatic hydroxyl groups excluding tert-OH is 2. The van der Waals surface area contributed by atoms with E-state index >= 15 is 0 Å². The lowest BCUT2D eigenvalue weighted by Gasteiger charge is -2.09. The van der Waals surface area contributed by atoms with Crippen molar-refractivity contribution in [1.82, 2.24) is 4.98 Å². The number of nitrogens with zero attached hydrogens (tertiary/aromatic N) is 1. The van der Waals surface area contributed by atoms with Gasteiger partial charge in [0, 0.05) is 23.1 Å². The quantitative estimate of drug-likeness (QED) is 0.289. The fraction of sp³-hybridized carbons (Fsp3) is 0.190. The highest BCUT2D eigenvalue weighted by molar-refractivity contribution is 6.40. The molecule has 2 N–H and O–H groups in total. The van der Waals surface area contributed by atoms with Crippen LogP contribution in [0.25, 0.3) is 22.4 Å². The molecule has 156 valence electrons. The number of hydrogen-bond acceptors (Lipinski definition) is 9. The predicted octanol–water partition coefficient (Wildman–Crippen LogP) is 2.30. The number of pyridine rings is 1. The molecule has 9 nitrogen and oxygen atoms in total. The van der Waals surface area contributed by atoms with E-state index in [9.17, 15) is 29.4 Å². The Balaban J connectivity index is 2.53. The average molecular weight is 413 g/mol. The fourth-order valence-corrected chi connectivity index (χ4v) is 2.44. The smallest absolute Gasteiger partial charge is 0.379 e. The second-order valence-electron chi connectivity index (χ2n) is 5.80. The SMILES string of the molecule is CCOC(=O)C(=O)/C=C(\O)c1cc(/C(O)=C/C(=O)C(=O)OCC)c2ccccc2n1. The highest BCUT2D eigenvalue weighted by Gasteiger charge is 2.18. The van der Waals surface area contributed by atoms with E-state index in [1.165, 1.54) is 19.9 Å². The third-order valence-corrected chi connectivity index (χ3v) is 3.74. The molecule has 0 saturated heterocycles. The molecule has 1 heterocycles. The largest absolute Gasteiger partial charge is 0.507 e. The number of carbonyl (C=O) groups excluding carboxylic acids is 4. The number of para-hydroxylation sites is 1. The van der Waals surface area contributed by atoms with Gasteiger partial charge in [0.05, 0.1) is 18.7 Å². The van der Waals surface area contributed by atoms with Crippen LogP contribution in [-0.2, 0) is 28.7 Å². The van der Waals surface area contributed by atoms with Gasteiger partial charge in [0.2, 0.25) is 0 Å². The van der Waals surface area contributed by atoms with Gasteiger partial charge in [-0.15, -0.1) is 0 Å². The van der Waals surface area contributed by atoms with Gasteiger partial charge in [0.25, 0.3) is 11.6 Å². The van der Waals surface area contributed by atoms with Gasteiger partial charge in [0.1, 0.15) is 17.2 Å². The molecule has 2 aromatic rings. The van der Waals surface area contributed by atoms with Crippen molar-refractivity contribution >= 4 is 45.9 Å². The van der Waals surface area contributed by atoms with E-state index in [0.29, 0.717) is 23.1 Å². The first kappa shape index (κ1) is 22.3. The Morgan fingerprint density at radius 3 is 2.00 bits per heavy atom. The molecule has 0 spiro atoms. The van der Waals surface area contributed by atoms with Gasteiger partial charge in [-0.2, -0.15) is 0 Å². The van der Waals surface area contributed by atoms with Gasteiger partial charge in [0.15, 0.2) is 0 Å². The molecule has 30 heavy (non-hydrogen) atoms. The molecular weight excluding hydrogens is 394 g/mol. The van der Waals surface area contributed by atoms with Crippen molar-refractivity contribution in [2.24, 2.45) is 0 Å². The predicted molar refractivity (Wildman–Crippen MR) is 106 cm³/mol. The van der Waals surface area contributed by atoms with Crippen molar-refractivity contribution in [3.05, 3.63) is 53.7 Å². The van der Waals surface area contributed by atoms with Crippen LogP contribution in [0.4, 0.5) is 0 Å². The lowest BCUT2D eigenvalue weighted by atomic mass is 10.0. The summed E-state index contributed by atoms with van der Waals surface area (Å²) in [7, 11) is 0. The second-order valence-corrected chi connectivity index (χ2v) is 5.80. The molecule has 0 aliphatic heterocycles. The van der Waals surface area contributed by atoms with Gasteiger partial charge in [-0.1, -0.05) is 18.2 Å². The van der Waals surface area contributed by atoms with E-state index in [2.05, 4.69) is 14.5 Å². The standard InChI is InChI=1S/C21H19NO8/c1-3-29-20(27)18(25)10-16(23)13-9-15(22-14-8-6-5-7-12(13)14)17(24)11-19(26)21(28)30-4-2/h5-11,23-24H,3-4H2,1-2H3/b16-10-,17-11-. The van der Waals surface area contributed by atoms with Crippen LogP contribution in [0.15, 0.2) is 42.5 Å². The molecule has 0 unspecified atom stereocenters. The number of aliphatic hydroxyl groups is 2. The van der Waals surface area contributed by atoms with Crippen LogP contribution in [0.1, 0.15) is 25.1 Å². The maximum atomic E-state index is 11.9. The highest BCUT2D eigenvalue weighted by Crippen LogP contribution is 2.26. The Bertz CT molecular complexity index is 1070. The topological polar surface area (TPSA) is 140 Å². The molecule has 0 aliphatic carbocycles. The number of aromatic nitrogens is 1. The van der Waals surface area contributed by atoms with Gasteiger partial charge in [-0.3, -0.25) is 9.59 Å². The summed E-state index contributed by atoms with van der Waals surface area (Å²) in [6.07, 6.45) is 1.33. The number of fused-ring (bicyclic) bond motifs is 1. The van der Waals surface area contributed by atoms with Gasteiger partial charge >= 0.3 is 11.9 Å². The maximum absolute atomic E-state index is 11.9. The summed E-state index contributed by atoms with van der Waals surface area (Å²) in [4.78, 5) is 50.8. The summed E-state index contributed by atoms with van der Waals surface area (Å²) in [5, 5.41) is 21.1. The van der Waals surface area contributed by atoms with E-state index in [-0.39, 0.29) is 24.5 Å². The van der Waals surface area contributed by atoms with Crippen molar-refractivity contribution in [3.8, 4) is 0 Å². The summed E-state index contributed by atoms with van der Waals surface area (Å²) in [5.74, 6) is -5.67. The van der Waals surface area contributed by atoms with Crippen LogP contribution in [0.2, 0.25) is 0 Å². The minimum absolute atomic E-state index is 0.00529. The van der Waals surface area contributed by atoms with Crippen LogP contribution in [-0.4, -0.2) is 51.9 Å². The summed E-state index contributed by atoms with van der Waals surface area (Å²) >= 11 is 0. The zero-order chi connectivity index (χ0) is 22.3. The van der Waals surface area contributed by atoms with E-state index < -0.39 is 35.0 Å². The number of rotatable bonds is 8. The third kappa shape index (κ3) is 5.28. The van der Waals surface area contributed by atoms with E-state index in [1.54, 1.807) is 24.3 Å². The first-order chi connectivity index (χ1) is 14.3. The molecule has 9 heteroatoms. The molecule has 1 aromatic heterocycles. The van der Waals surface area contributed by atoms with E-state index in [1.807, 2.05) is 0 Å². The minimum atomic E-state index is -1.15. The normalized spacial score (nSPS) is 11.8. The molecule has 0 amide bonds. The Hall–Kier alpha value is -4.01. The van der Waals surface area contributed by atoms with Crippen molar-refractivity contribution in [3.63, 3.8) is 0 Å². The molecular formula is C21H19NO8. The highest BCUT2D eigenvalue weighted by atomic mass is 16.5. The maximum Gasteiger partial charge on any atom is 0.379 e. The Kier molecular flexibility index (Phi) is 7.40. The van der Waals surface area contributed by atoms with E-state index in [4.69, 9.17) is 0 Å². The van der Waals surface area contributed by atoms with Gasteiger partial charge in [-0.05, 0) is 26.0 Å².